The summed E-state index contributed by atoms with van der Waals surface area (Å²) in [4.78, 5) is 28.7. The van der Waals surface area contributed by atoms with Crippen molar-refractivity contribution in [2.45, 2.75) is 19.0 Å². The van der Waals surface area contributed by atoms with E-state index in [1.807, 2.05) is 0 Å². The van der Waals surface area contributed by atoms with Gasteiger partial charge in [0.1, 0.15) is 0 Å². The molecule has 0 saturated heterocycles. The Kier molecular flexibility index (Phi) is 7.72. The number of carbonyl (C=O) groups excluding carboxylic acids is 1. The first-order valence-corrected chi connectivity index (χ1v) is 3.56. The second-order valence-electron chi connectivity index (χ2n) is 2.23. The molecule has 0 rings (SSSR count). The third-order valence-electron chi connectivity index (χ3n) is 0.933. The Balaban J connectivity index is 0. The Morgan fingerprint density at radius 1 is 1.06 bits per heavy atom. The zero-order valence-electron chi connectivity index (χ0n) is 7.61. The lowest BCUT2D eigenvalue weighted by Gasteiger charge is -1.93. The Hall–Kier alpha value is -1.84. The predicted octanol–water partition coefficient (Wildman–Crippen LogP) is -0.0101. The summed E-state index contributed by atoms with van der Waals surface area (Å²) in [6.45, 7) is 0. The molecule has 0 spiro atoms. The topological polar surface area (TPSA) is 124 Å². The average molecular weight is 247 g/mol. The van der Waals surface area contributed by atoms with Gasteiger partial charge in [0.2, 0.25) is 5.91 Å². The molecule has 0 aromatic rings. The number of carboxylic acids is 2. The van der Waals surface area contributed by atoms with Crippen LogP contribution in [-0.2, 0) is 14.4 Å². The van der Waals surface area contributed by atoms with Gasteiger partial charge >= 0.3 is 18.1 Å². The van der Waals surface area contributed by atoms with Gasteiger partial charge in [0, 0.05) is 6.42 Å². The van der Waals surface area contributed by atoms with E-state index in [4.69, 9.17) is 20.2 Å². The van der Waals surface area contributed by atoms with Gasteiger partial charge in [0.15, 0.2) is 0 Å². The van der Waals surface area contributed by atoms with Crippen molar-refractivity contribution in [2.24, 2.45) is 0 Å². The highest BCUT2D eigenvalue weighted by Crippen LogP contribution is 2.13. The van der Waals surface area contributed by atoms with Crippen molar-refractivity contribution in [3.05, 3.63) is 0 Å². The number of nitrogens with one attached hydrogen (secondary N) is 1. The summed E-state index contributed by atoms with van der Waals surface area (Å²) in [5.41, 5.74) is 1.32. The number of rotatable bonds is 3. The number of carbonyl (C=O) groups is 3. The van der Waals surface area contributed by atoms with Gasteiger partial charge in [-0.25, -0.2) is 10.3 Å². The first kappa shape index (κ1) is 16.6. The number of aliphatic carboxylic acids is 2. The van der Waals surface area contributed by atoms with Gasteiger partial charge in [-0.15, -0.1) is 0 Å². The fraction of sp³-hybridized carbons (Fsp3) is 0.500. The van der Waals surface area contributed by atoms with Crippen LogP contribution in [0.1, 0.15) is 12.8 Å². The molecule has 0 fully saturated rings. The highest BCUT2D eigenvalue weighted by Gasteiger charge is 2.38. The van der Waals surface area contributed by atoms with E-state index in [-0.39, 0.29) is 12.8 Å². The van der Waals surface area contributed by atoms with Crippen molar-refractivity contribution in [3.63, 3.8) is 0 Å². The predicted molar refractivity (Wildman–Crippen MR) is 40.5 cm³/mol. The Labute approximate surface area is 86.4 Å². The fourth-order valence-electron chi connectivity index (χ4n) is 0.276. The second kappa shape index (κ2) is 7.45. The summed E-state index contributed by atoms with van der Waals surface area (Å²) >= 11 is 0. The lowest BCUT2D eigenvalue weighted by molar-refractivity contribution is -0.192. The minimum absolute atomic E-state index is 0.189. The molecule has 0 heterocycles. The van der Waals surface area contributed by atoms with Gasteiger partial charge in [-0.1, -0.05) is 0 Å². The van der Waals surface area contributed by atoms with Crippen molar-refractivity contribution >= 4 is 17.8 Å². The van der Waals surface area contributed by atoms with Gasteiger partial charge in [-0.05, 0) is 0 Å². The number of hydroxylamine groups is 1. The van der Waals surface area contributed by atoms with Crippen LogP contribution in [0.4, 0.5) is 13.2 Å². The molecule has 0 atom stereocenters. The number of halogens is 3. The highest BCUT2D eigenvalue weighted by molar-refractivity contribution is 5.79. The molecular formula is C6H8F3NO6. The lowest BCUT2D eigenvalue weighted by Crippen LogP contribution is -2.21. The smallest absolute Gasteiger partial charge is 0.481 e. The molecule has 10 heteroatoms. The summed E-state index contributed by atoms with van der Waals surface area (Å²) < 4.78 is 31.7. The van der Waals surface area contributed by atoms with Crippen LogP contribution in [0.3, 0.4) is 0 Å². The third kappa shape index (κ3) is 12.2. The standard InChI is InChI=1S/C4H7NO4.C2HF3O2/c6-3(5-9)1-2-4(7)8;3-2(4,5)1(6)7/h9H,1-2H2,(H,5,6)(H,7,8);(H,6,7). The fourth-order valence-corrected chi connectivity index (χ4v) is 0.276. The molecule has 1 amide bonds. The molecule has 94 valence electrons. The molecule has 16 heavy (non-hydrogen) atoms. The van der Waals surface area contributed by atoms with Crippen LogP contribution in [0.15, 0.2) is 0 Å². The Bertz CT molecular complexity index is 263. The highest BCUT2D eigenvalue weighted by atomic mass is 19.4. The molecule has 0 saturated carbocycles. The van der Waals surface area contributed by atoms with Gasteiger partial charge in [-0.2, -0.15) is 13.2 Å². The minimum Gasteiger partial charge on any atom is -0.481 e. The van der Waals surface area contributed by atoms with Crippen LogP contribution in [-0.4, -0.2) is 39.4 Å². The average Bonchev–Trinajstić information content (AvgIpc) is 2.13. The molecule has 4 N–H and O–H groups in total. The summed E-state index contributed by atoms with van der Waals surface area (Å²) in [6, 6.07) is 0. The van der Waals surface area contributed by atoms with E-state index in [1.165, 1.54) is 5.48 Å². The number of hydrogen-bond acceptors (Lipinski definition) is 4. The van der Waals surface area contributed by atoms with E-state index >= 15 is 0 Å². The normalized spacial score (nSPS) is 9.75. The van der Waals surface area contributed by atoms with Crippen LogP contribution in [0.2, 0.25) is 0 Å². The molecule has 0 bridgehead atoms. The molecular weight excluding hydrogens is 239 g/mol. The molecule has 0 unspecified atom stereocenters. The van der Waals surface area contributed by atoms with Gasteiger partial charge in [-0.3, -0.25) is 14.8 Å². The SMILES string of the molecule is O=C(O)C(F)(F)F.O=C(O)CCC(=O)NO. The van der Waals surface area contributed by atoms with Crippen LogP contribution in [0.25, 0.3) is 0 Å². The summed E-state index contributed by atoms with van der Waals surface area (Å²) in [7, 11) is 0. The van der Waals surface area contributed by atoms with Crippen LogP contribution < -0.4 is 5.48 Å². The minimum atomic E-state index is -5.08. The quantitative estimate of drug-likeness (QED) is 0.410. The molecule has 0 aliphatic carbocycles. The Morgan fingerprint density at radius 2 is 1.44 bits per heavy atom. The van der Waals surface area contributed by atoms with Crippen molar-refractivity contribution in [2.75, 3.05) is 0 Å². The van der Waals surface area contributed by atoms with Gasteiger partial charge in [0.25, 0.3) is 0 Å². The maximum Gasteiger partial charge on any atom is 0.490 e. The number of carboxylic acid groups (broad SMARTS) is 2. The van der Waals surface area contributed by atoms with Crippen LogP contribution in [0, 0.1) is 0 Å². The maximum atomic E-state index is 10.6. The first-order valence-electron chi connectivity index (χ1n) is 3.56. The van der Waals surface area contributed by atoms with Crippen molar-refractivity contribution < 1.29 is 43.0 Å². The van der Waals surface area contributed by atoms with Crippen molar-refractivity contribution in [1.29, 1.82) is 0 Å². The van der Waals surface area contributed by atoms with Crippen molar-refractivity contribution in [1.82, 2.24) is 5.48 Å². The monoisotopic (exact) mass is 247 g/mol. The van der Waals surface area contributed by atoms with Gasteiger partial charge < -0.3 is 10.2 Å². The molecule has 7 nitrogen and oxygen atoms in total. The number of alkyl halides is 3. The molecule has 0 aromatic heterocycles. The third-order valence-corrected chi connectivity index (χ3v) is 0.933. The number of hydrogen-bond donors (Lipinski definition) is 4. The summed E-state index contributed by atoms with van der Waals surface area (Å²) in [5.74, 6) is -4.50. The zero-order chi connectivity index (χ0) is 13.4. The largest absolute Gasteiger partial charge is 0.490 e. The molecule has 0 aliphatic rings. The molecule has 0 radical (unpaired) electrons. The lowest BCUT2D eigenvalue weighted by atomic mass is 10.3. The van der Waals surface area contributed by atoms with Crippen LogP contribution >= 0.6 is 0 Å². The summed E-state index contributed by atoms with van der Waals surface area (Å²) in [6.07, 6.45) is -5.53. The first-order chi connectivity index (χ1) is 7.11. The number of amides is 1. The van der Waals surface area contributed by atoms with E-state index in [0.29, 0.717) is 0 Å². The van der Waals surface area contributed by atoms with Gasteiger partial charge in [0.05, 0.1) is 6.42 Å². The maximum absolute atomic E-state index is 10.6. The molecule has 0 aromatic carbocycles. The van der Waals surface area contributed by atoms with E-state index in [1.54, 1.807) is 0 Å². The molecule has 0 aliphatic heterocycles. The van der Waals surface area contributed by atoms with Crippen LogP contribution in [0.5, 0.6) is 0 Å². The zero-order valence-corrected chi connectivity index (χ0v) is 7.61. The van der Waals surface area contributed by atoms with E-state index in [0.717, 1.165) is 0 Å². The Morgan fingerprint density at radius 3 is 1.62 bits per heavy atom. The van der Waals surface area contributed by atoms with E-state index in [2.05, 4.69) is 0 Å². The van der Waals surface area contributed by atoms with Crippen molar-refractivity contribution in [3.8, 4) is 0 Å². The van der Waals surface area contributed by atoms with E-state index in [9.17, 15) is 22.8 Å². The second-order valence-corrected chi connectivity index (χ2v) is 2.23. The van der Waals surface area contributed by atoms with E-state index < -0.39 is 24.0 Å². The summed E-state index contributed by atoms with van der Waals surface area (Å²) in [5, 5.41) is 23.0.